The van der Waals surface area contributed by atoms with E-state index in [4.69, 9.17) is 4.74 Å². The van der Waals surface area contributed by atoms with Crippen molar-refractivity contribution in [2.45, 2.75) is 24.8 Å². The van der Waals surface area contributed by atoms with Crippen LogP contribution in [0.2, 0.25) is 0 Å². The van der Waals surface area contributed by atoms with Crippen molar-refractivity contribution in [3.8, 4) is 5.75 Å². The number of nitrogens with one attached hydrogen (secondary N) is 2. The van der Waals surface area contributed by atoms with Gasteiger partial charge in [0, 0.05) is 46.3 Å². The fourth-order valence-electron chi connectivity index (χ4n) is 5.80. The van der Waals surface area contributed by atoms with Gasteiger partial charge in [-0.2, -0.15) is 0 Å². The summed E-state index contributed by atoms with van der Waals surface area (Å²) >= 11 is 0. The molecule has 2 heterocycles. The number of non-ortho nitro benzene ring substituents is 1. The number of hydrogen-bond acceptors (Lipinski definition) is 4. The number of nitrogens with zero attached hydrogens (tertiary/aromatic N) is 1. The van der Waals surface area contributed by atoms with E-state index in [1.807, 2.05) is 24.3 Å². The topological polar surface area (TPSA) is 80.2 Å². The average Bonchev–Trinajstić information content (AvgIpc) is 3.28. The lowest BCUT2D eigenvalue weighted by atomic mass is 9.70. The maximum atomic E-state index is 11.3. The van der Waals surface area contributed by atoms with Crippen LogP contribution in [-0.4, -0.2) is 17.0 Å². The molecule has 1 aliphatic rings. The van der Waals surface area contributed by atoms with Crippen LogP contribution < -0.4 is 10.1 Å². The molecular formula is C31H27N3O3. The number of anilines is 1. The minimum atomic E-state index is -0.356. The number of para-hydroxylation sites is 1. The van der Waals surface area contributed by atoms with Crippen molar-refractivity contribution >= 4 is 22.3 Å². The van der Waals surface area contributed by atoms with Crippen molar-refractivity contribution in [2.75, 3.05) is 12.4 Å². The minimum absolute atomic E-state index is 0.00836. The Hall–Kier alpha value is -4.58. The van der Waals surface area contributed by atoms with Crippen LogP contribution in [0.25, 0.3) is 10.9 Å². The van der Waals surface area contributed by atoms with Gasteiger partial charge in [-0.25, -0.2) is 0 Å². The third kappa shape index (κ3) is 3.91. The van der Waals surface area contributed by atoms with E-state index in [0.717, 1.165) is 33.8 Å². The fraction of sp³-hybridized carbons (Fsp3) is 0.161. The predicted molar refractivity (Wildman–Crippen MR) is 147 cm³/mol. The number of nitro benzene ring substituents is 1. The van der Waals surface area contributed by atoms with Gasteiger partial charge in [-0.3, -0.25) is 10.1 Å². The molecule has 37 heavy (non-hydrogen) atoms. The first kappa shape index (κ1) is 22.9. The van der Waals surface area contributed by atoms with Crippen LogP contribution >= 0.6 is 0 Å². The first-order chi connectivity index (χ1) is 18.0. The van der Waals surface area contributed by atoms with Gasteiger partial charge in [-0.05, 0) is 53.4 Å². The largest absolute Gasteiger partial charge is 0.497 e. The van der Waals surface area contributed by atoms with Gasteiger partial charge in [0.25, 0.3) is 5.69 Å². The van der Waals surface area contributed by atoms with Gasteiger partial charge in [-0.15, -0.1) is 0 Å². The molecule has 0 unspecified atom stereocenters. The summed E-state index contributed by atoms with van der Waals surface area (Å²) < 4.78 is 5.64. The van der Waals surface area contributed by atoms with Gasteiger partial charge in [0.2, 0.25) is 0 Å². The summed E-state index contributed by atoms with van der Waals surface area (Å²) in [4.78, 5) is 14.7. The molecule has 3 atom stereocenters. The van der Waals surface area contributed by atoms with Crippen molar-refractivity contribution in [1.29, 1.82) is 0 Å². The zero-order valence-corrected chi connectivity index (χ0v) is 20.6. The van der Waals surface area contributed by atoms with Crippen LogP contribution in [0.3, 0.4) is 0 Å². The molecule has 0 spiro atoms. The van der Waals surface area contributed by atoms with E-state index in [-0.39, 0.29) is 28.5 Å². The smallest absolute Gasteiger partial charge is 0.269 e. The van der Waals surface area contributed by atoms with Crippen LogP contribution in [0.5, 0.6) is 5.75 Å². The van der Waals surface area contributed by atoms with Crippen molar-refractivity contribution in [2.24, 2.45) is 0 Å². The molecule has 0 amide bonds. The lowest BCUT2D eigenvalue weighted by Gasteiger charge is -2.41. The first-order valence-electron chi connectivity index (χ1n) is 12.4. The Kier molecular flexibility index (Phi) is 5.64. The molecule has 4 aromatic carbocycles. The third-order valence-corrected chi connectivity index (χ3v) is 7.59. The van der Waals surface area contributed by atoms with Crippen LogP contribution in [0.1, 0.15) is 45.8 Å². The Labute approximate surface area is 215 Å². The minimum Gasteiger partial charge on any atom is -0.497 e. The maximum Gasteiger partial charge on any atom is 0.269 e. The van der Waals surface area contributed by atoms with Crippen molar-refractivity contribution < 1.29 is 9.66 Å². The Bertz CT molecular complexity index is 1590. The summed E-state index contributed by atoms with van der Waals surface area (Å²) in [5.74, 6) is 0.801. The molecule has 6 nitrogen and oxygen atoms in total. The molecular weight excluding hydrogens is 462 g/mol. The van der Waals surface area contributed by atoms with Gasteiger partial charge >= 0.3 is 0 Å². The summed E-state index contributed by atoms with van der Waals surface area (Å²) in [6, 6.07) is 31.9. The zero-order valence-electron chi connectivity index (χ0n) is 20.6. The van der Waals surface area contributed by atoms with E-state index in [2.05, 4.69) is 77.9 Å². The van der Waals surface area contributed by atoms with Gasteiger partial charge in [-0.1, -0.05) is 60.7 Å². The van der Waals surface area contributed by atoms with Gasteiger partial charge in [0.1, 0.15) is 5.75 Å². The summed E-state index contributed by atoms with van der Waals surface area (Å²) in [7, 11) is 1.69. The number of aromatic amines is 1. The predicted octanol–water partition coefficient (Wildman–Crippen LogP) is 7.48. The maximum absolute atomic E-state index is 11.3. The standard InChI is InChI=1S/C31H27N3O3/c1-19-24-10-6-7-11-26(24)32-30(19)29-25-18-23(37-2)16-17-27(25)33-31(28(29)20-8-4-3-5-9-20)21-12-14-22(15-13-21)34(35)36/h3-18,28-29,31-33H,1-2H3/t28-,29+,31+/m0/s1. The highest BCUT2D eigenvalue weighted by atomic mass is 16.6. The molecule has 0 bridgehead atoms. The molecule has 0 fully saturated rings. The van der Waals surface area contributed by atoms with Crippen LogP contribution in [-0.2, 0) is 0 Å². The Morgan fingerprint density at radius 2 is 1.59 bits per heavy atom. The van der Waals surface area contributed by atoms with Crippen molar-refractivity contribution in [3.63, 3.8) is 0 Å². The first-order valence-corrected chi connectivity index (χ1v) is 12.4. The SMILES string of the molecule is COc1ccc2c(c1)[C@@H](c1[nH]c3ccccc3c1C)[C@H](c1ccccc1)[C@@H](c1ccc([N+](=O)[O-])cc1)N2. The summed E-state index contributed by atoms with van der Waals surface area (Å²) in [5.41, 5.74) is 7.95. The molecule has 184 valence electrons. The highest BCUT2D eigenvalue weighted by Gasteiger charge is 2.41. The molecule has 0 radical (unpaired) electrons. The van der Waals surface area contributed by atoms with E-state index in [1.165, 1.54) is 16.5 Å². The number of benzene rings is 4. The molecule has 2 N–H and O–H groups in total. The second-order valence-corrected chi connectivity index (χ2v) is 9.55. The van der Waals surface area contributed by atoms with Gasteiger partial charge < -0.3 is 15.0 Å². The number of ether oxygens (including phenoxy) is 1. The zero-order chi connectivity index (χ0) is 25.5. The number of H-pyrrole nitrogens is 1. The van der Waals surface area contributed by atoms with Crippen LogP contribution in [0, 0.1) is 17.0 Å². The van der Waals surface area contributed by atoms with Crippen molar-refractivity contribution in [1.82, 2.24) is 4.98 Å². The Morgan fingerprint density at radius 1 is 0.865 bits per heavy atom. The van der Waals surface area contributed by atoms with Crippen LogP contribution in [0.15, 0.2) is 97.1 Å². The van der Waals surface area contributed by atoms with Gasteiger partial charge in [0.05, 0.1) is 18.1 Å². The molecule has 1 aromatic heterocycles. The highest BCUT2D eigenvalue weighted by Crippen LogP contribution is 2.54. The molecule has 0 aliphatic carbocycles. The van der Waals surface area contributed by atoms with Crippen LogP contribution in [0.4, 0.5) is 11.4 Å². The lowest BCUT2D eigenvalue weighted by Crippen LogP contribution is -2.31. The number of methoxy groups -OCH3 is 1. The monoisotopic (exact) mass is 489 g/mol. The second-order valence-electron chi connectivity index (χ2n) is 9.55. The summed E-state index contributed by atoms with van der Waals surface area (Å²) in [6.45, 7) is 2.18. The van der Waals surface area contributed by atoms with Crippen molar-refractivity contribution in [3.05, 3.63) is 135 Å². The van der Waals surface area contributed by atoms with E-state index in [9.17, 15) is 10.1 Å². The number of hydrogen-bond donors (Lipinski definition) is 2. The molecule has 6 rings (SSSR count). The number of nitro groups is 1. The molecule has 1 aliphatic heterocycles. The number of rotatable bonds is 5. The number of aryl methyl sites for hydroxylation is 1. The summed E-state index contributed by atoms with van der Waals surface area (Å²) in [5, 5.41) is 16.3. The Balaban J connectivity index is 1.61. The number of aromatic nitrogens is 1. The second kappa shape index (κ2) is 9.13. The van der Waals surface area contributed by atoms with E-state index in [0.29, 0.717) is 0 Å². The van der Waals surface area contributed by atoms with E-state index >= 15 is 0 Å². The molecule has 6 heteroatoms. The normalized spacial score (nSPS) is 18.7. The van der Waals surface area contributed by atoms with E-state index < -0.39 is 0 Å². The number of fused-ring (bicyclic) bond motifs is 2. The van der Waals surface area contributed by atoms with E-state index in [1.54, 1.807) is 19.2 Å². The average molecular weight is 490 g/mol. The molecule has 5 aromatic rings. The lowest BCUT2D eigenvalue weighted by molar-refractivity contribution is -0.384. The molecule has 0 saturated carbocycles. The fourth-order valence-corrected chi connectivity index (χ4v) is 5.80. The summed E-state index contributed by atoms with van der Waals surface area (Å²) in [6.07, 6.45) is 0. The highest BCUT2D eigenvalue weighted by molar-refractivity contribution is 5.85. The van der Waals surface area contributed by atoms with Gasteiger partial charge in [0.15, 0.2) is 0 Å². The quantitative estimate of drug-likeness (QED) is 0.198. The third-order valence-electron chi connectivity index (χ3n) is 7.59. The Morgan fingerprint density at radius 3 is 2.30 bits per heavy atom. The molecule has 0 saturated heterocycles.